The summed E-state index contributed by atoms with van der Waals surface area (Å²) in [5, 5.41) is 4.79. The zero-order valence-corrected chi connectivity index (χ0v) is 21.3. The number of ether oxygens (including phenoxy) is 1. The number of piperazine rings is 1. The molecular weight excluding hydrogens is 452 g/mol. The third-order valence-electron chi connectivity index (χ3n) is 7.39. The van der Waals surface area contributed by atoms with Crippen LogP contribution in [0.1, 0.15) is 34.5 Å². The minimum absolute atomic E-state index is 0.00300. The summed E-state index contributed by atoms with van der Waals surface area (Å²) in [6.07, 6.45) is 4.27. The first kappa shape index (κ1) is 24.2. The second-order valence-corrected chi connectivity index (χ2v) is 9.69. The van der Waals surface area contributed by atoms with Crippen LogP contribution in [0.5, 0.6) is 5.75 Å². The summed E-state index contributed by atoms with van der Waals surface area (Å²) in [4.78, 5) is 20.6. The molecule has 2 aromatic carbocycles. The molecule has 2 N–H and O–H groups in total. The van der Waals surface area contributed by atoms with Crippen LogP contribution in [0.25, 0.3) is 0 Å². The van der Waals surface area contributed by atoms with Gasteiger partial charge >= 0.3 is 0 Å². The molecule has 0 radical (unpaired) electrons. The second-order valence-electron chi connectivity index (χ2n) is 9.69. The SMILES string of the molecule is COc1ccc(N2CCN(CCN(C(=O)c3ccc(N)cc3)c3c4c(nn3C)CCCC4)CC2)cc1. The highest BCUT2D eigenvalue weighted by molar-refractivity contribution is 6.06. The van der Waals surface area contributed by atoms with Crippen LogP contribution in [-0.2, 0) is 19.9 Å². The van der Waals surface area contributed by atoms with Gasteiger partial charge in [-0.05, 0) is 74.2 Å². The van der Waals surface area contributed by atoms with Gasteiger partial charge in [-0.15, -0.1) is 0 Å². The Morgan fingerprint density at radius 3 is 2.39 bits per heavy atom. The molecule has 36 heavy (non-hydrogen) atoms. The molecule has 0 bridgehead atoms. The number of hydrogen-bond acceptors (Lipinski definition) is 6. The van der Waals surface area contributed by atoms with E-state index in [1.807, 2.05) is 40.9 Å². The molecule has 0 unspecified atom stereocenters. The van der Waals surface area contributed by atoms with Crippen molar-refractivity contribution in [2.45, 2.75) is 25.7 Å². The zero-order chi connectivity index (χ0) is 25.1. The lowest BCUT2D eigenvalue weighted by Gasteiger charge is -2.37. The molecule has 1 aliphatic carbocycles. The van der Waals surface area contributed by atoms with Gasteiger partial charge in [0.25, 0.3) is 5.91 Å². The summed E-state index contributed by atoms with van der Waals surface area (Å²) >= 11 is 0. The fraction of sp³-hybridized carbons (Fsp3) is 0.429. The van der Waals surface area contributed by atoms with Gasteiger partial charge in [0.2, 0.25) is 0 Å². The first-order valence-electron chi connectivity index (χ1n) is 12.9. The predicted octanol–water partition coefficient (Wildman–Crippen LogP) is 3.36. The molecule has 0 spiro atoms. The molecule has 1 amide bonds. The van der Waals surface area contributed by atoms with E-state index in [4.69, 9.17) is 15.6 Å². The lowest BCUT2D eigenvalue weighted by atomic mass is 9.97. The van der Waals surface area contributed by atoms with E-state index in [1.54, 1.807) is 19.2 Å². The Kier molecular flexibility index (Phi) is 7.13. The Morgan fingerprint density at radius 2 is 1.69 bits per heavy atom. The highest BCUT2D eigenvalue weighted by Gasteiger charge is 2.28. The molecule has 0 atom stereocenters. The number of rotatable bonds is 7. The zero-order valence-electron chi connectivity index (χ0n) is 21.3. The van der Waals surface area contributed by atoms with Crippen molar-refractivity contribution in [3.63, 3.8) is 0 Å². The first-order valence-corrected chi connectivity index (χ1v) is 12.9. The summed E-state index contributed by atoms with van der Waals surface area (Å²) in [5.41, 5.74) is 10.8. The molecule has 3 aromatic rings. The molecule has 1 aliphatic heterocycles. The number of methoxy groups -OCH3 is 1. The Balaban J connectivity index is 1.30. The van der Waals surface area contributed by atoms with Crippen molar-refractivity contribution in [2.75, 3.05) is 61.9 Å². The van der Waals surface area contributed by atoms with Crippen LogP contribution >= 0.6 is 0 Å². The van der Waals surface area contributed by atoms with Gasteiger partial charge in [-0.3, -0.25) is 19.3 Å². The molecular formula is C28H36N6O2. The second kappa shape index (κ2) is 10.6. The summed E-state index contributed by atoms with van der Waals surface area (Å²) in [6.45, 7) is 5.27. The maximum atomic E-state index is 13.8. The van der Waals surface area contributed by atoms with E-state index < -0.39 is 0 Å². The van der Waals surface area contributed by atoms with Gasteiger partial charge < -0.3 is 15.4 Å². The maximum absolute atomic E-state index is 13.8. The largest absolute Gasteiger partial charge is 0.497 e. The van der Waals surface area contributed by atoms with Gasteiger partial charge in [-0.2, -0.15) is 5.10 Å². The van der Waals surface area contributed by atoms with Gasteiger partial charge in [0, 0.05) is 68.8 Å². The number of carbonyl (C=O) groups excluding carboxylic acids is 1. The maximum Gasteiger partial charge on any atom is 0.259 e. The molecule has 1 fully saturated rings. The van der Waals surface area contributed by atoms with Crippen molar-refractivity contribution in [3.05, 3.63) is 65.4 Å². The van der Waals surface area contributed by atoms with E-state index in [-0.39, 0.29) is 5.91 Å². The average Bonchev–Trinajstić information content (AvgIpc) is 3.25. The highest BCUT2D eigenvalue weighted by atomic mass is 16.5. The smallest absolute Gasteiger partial charge is 0.259 e. The molecule has 1 aromatic heterocycles. The fourth-order valence-electron chi connectivity index (χ4n) is 5.35. The monoisotopic (exact) mass is 488 g/mol. The van der Waals surface area contributed by atoms with Gasteiger partial charge in [0.15, 0.2) is 0 Å². The Morgan fingerprint density at radius 1 is 1.00 bits per heavy atom. The predicted molar refractivity (Wildman–Crippen MR) is 144 cm³/mol. The number of nitrogens with zero attached hydrogens (tertiary/aromatic N) is 5. The molecule has 2 aliphatic rings. The van der Waals surface area contributed by atoms with Crippen molar-refractivity contribution >= 4 is 23.1 Å². The van der Waals surface area contributed by atoms with Gasteiger partial charge in [-0.25, -0.2) is 0 Å². The van der Waals surface area contributed by atoms with Crippen LogP contribution in [0.2, 0.25) is 0 Å². The molecule has 0 saturated carbocycles. The van der Waals surface area contributed by atoms with Crippen molar-refractivity contribution in [1.29, 1.82) is 0 Å². The normalized spacial score (nSPS) is 16.0. The van der Waals surface area contributed by atoms with Gasteiger partial charge in [0.1, 0.15) is 11.6 Å². The number of aryl methyl sites for hydroxylation is 2. The van der Waals surface area contributed by atoms with Crippen LogP contribution in [0.15, 0.2) is 48.5 Å². The number of nitrogen functional groups attached to an aromatic ring is 1. The van der Waals surface area contributed by atoms with E-state index in [0.717, 1.165) is 75.7 Å². The summed E-state index contributed by atoms with van der Waals surface area (Å²) in [7, 11) is 3.65. The number of benzene rings is 2. The molecule has 2 heterocycles. The number of anilines is 3. The molecule has 8 nitrogen and oxygen atoms in total. The molecule has 5 rings (SSSR count). The quantitative estimate of drug-likeness (QED) is 0.514. The number of amides is 1. The number of fused-ring (bicyclic) bond motifs is 1. The van der Waals surface area contributed by atoms with E-state index in [0.29, 0.717) is 17.8 Å². The third-order valence-corrected chi connectivity index (χ3v) is 7.39. The highest BCUT2D eigenvalue weighted by Crippen LogP contribution is 2.31. The van der Waals surface area contributed by atoms with E-state index in [2.05, 4.69) is 21.9 Å². The van der Waals surface area contributed by atoms with Crippen LogP contribution in [0.4, 0.5) is 17.2 Å². The molecule has 190 valence electrons. The lowest BCUT2D eigenvalue weighted by molar-refractivity contribution is 0.0981. The standard InChI is InChI=1S/C28H36N6O2/c1-31-27(25-5-3-4-6-26(25)30-31)34(28(35)21-7-9-22(29)10-8-21)20-17-32-15-18-33(19-16-32)23-11-13-24(36-2)14-12-23/h7-14H,3-6,15-20,29H2,1-2H3. The number of hydrogen-bond donors (Lipinski definition) is 1. The van der Waals surface area contributed by atoms with Gasteiger partial charge in [-0.1, -0.05) is 0 Å². The average molecular weight is 489 g/mol. The van der Waals surface area contributed by atoms with Crippen LogP contribution in [0.3, 0.4) is 0 Å². The van der Waals surface area contributed by atoms with Gasteiger partial charge in [0.05, 0.1) is 12.8 Å². The van der Waals surface area contributed by atoms with Crippen LogP contribution < -0.4 is 20.3 Å². The summed E-state index contributed by atoms with van der Waals surface area (Å²) < 4.78 is 7.20. The van der Waals surface area contributed by atoms with E-state index in [1.165, 1.54) is 11.3 Å². The summed E-state index contributed by atoms with van der Waals surface area (Å²) in [6, 6.07) is 15.5. The summed E-state index contributed by atoms with van der Waals surface area (Å²) in [5.74, 6) is 1.83. The number of carbonyl (C=O) groups is 1. The Hall–Kier alpha value is -3.52. The van der Waals surface area contributed by atoms with Crippen LogP contribution in [-0.4, -0.2) is 67.0 Å². The molecule has 8 heteroatoms. The van der Waals surface area contributed by atoms with E-state index >= 15 is 0 Å². The first-order chi connectivity index (χ1) is 17.5. The topological polar surface area (TPSA) is 79.9 Å². The Bertz CT molecular complexity index is 1180. The third kappa shape index (κ3) is 5.04. The number of aromatic nitrogens is 2. The van der Waals surface area contributed by atoms with Crippen molar-refractivity contribution in [1.82, 2.24) is 14.7 Å². The van der Waals surface area contributed by atoms with E-state index in [9.17, 15) is 4.79 Å². The van der Waals surface area contributed by atoms with Crippen molar-refractivity contribution in [3.8, 4) is 5.75 Å². The Labute approximate surface area is 213 Å². The molecule has 1 saturated heterocycles. The van der Waals surface area contributed by atoms with Crippen LogP contribution in [0, 0.1) is 0 Å². The fourth-order valence-corrected chi connectivity index (χ4v) is 5.35. The minimum atomic E-state index is 0.00300. The minimum Gasteiger partial charge on any atom is -0.497 e. The lowest BCUT2D eigenvalue weighted by Crippen LogP contribution is -2.49. The number of nitrogens with two attached hydrogens (primary N) is 1. The van der Waals surface area contributed by atoms with Crippen molar-refractivity contribution in [2.24, 2.45) is 7.05 Å². The van der Waals surface area contributed by atoms with Crippen molar-refractivity contribution < 1.29 is 9.53 Å².